The minimum absolute atomic E-state index is 0.337. The van der Waals surface area contributed by atoms with Crippen LogP contribution in [0.2, 0.25) is 0 Å². The van der Waals surface area contributed by atoms with Crippen LogP contribution in [-0.4, -0.2) is 22.4 Å². The van der Waals surface area contributed by atoms with Crippen molar-refractivity contribution in [3.8, 4) is 0 Å². The van der Waals surface area contributed by atoms with Crippen molar-refractivity contribution in [2.75, 3.05) is 6.54 Å². The predicted octanol–water partition coefficient (Wildman–Crippen LogP) is 4.86. The number of rotatable bonds is 12. The summed E-state index contributed by atoms with van der Waals surface area (Å²) in [5.74, 6) is 0.760. The van der Waals surface area contributed by atoms with E-state index < -0.39 is 7.82 Å². The van der Waals surface area contributed by atoms with Crippen molar-refractivity contribution in [2.45, 2.75) is 92.1 Å². The summed E-state index contributed by atoms with van der Waals surface area (Å²) in [5.41, 5.74) is 5.34. The van der Waals surface area contributed by atoms with E-state index in [1.807, 2.05) is 27.7 Å². The standard InChI is InChI=1S/C9H21O4P.C8H19N/c1-7(2)5-9(6-8(3)4)13-14(10,11)12;1-2-3-4-5-6-7-8-9/h7-9H,5-6H2,1-4H3,(H2,10,11,12);2-9H2,1H3. The molecule has 6 heteroatoms. The lowest BCUT2D eigenvalue weighted by Gasteiger charge is -2.21. The maximum atomic E-state index is 10.7. The van der Waals surface area contributed by atoms with E-state index in [9.17, 15) is 4.57 Å². The SMILES string of the molecule is CC(C)CC(CC(C)C)OP(=O)(O)O.CCCCCCCCN. The summed E-state index contributed by atoms with van der Waals surface area (Å²) >= 11 is 0. The van der Waals surface area contributed by atoms with Crippen LogP contribution >= 0.6 is 7.82 Å². The summed E-state index contributed by atoms with van der Waals surface area (Å²) in [7, 11) is -4.33. The smallest absolute Gasteiger partial charge is 0.330 e. The van der Waals surface area contributed by atoms with Gasteiger partial charge in [-0.2, -0.15) is 0 Å². The van der Waals surface area contributed by atoms with Crippen LogP contribution in [0.5, 0.6) is 0 Å². The lowest BCUT2D eigenvalue weighted by Crippen LogP contribution is -2.16. The number of phosphoric ester groups is 1. The minimum Gasteiger partial charge on any atom is -0.330 e. The molecule has 0 aromatic rings. The Bertz CT molecular complexity index is 276. The average molecular weight is 353 g/mol. The van der Waals surface area contributed by atoms with Gasteiger partial charge in [0, 0.05) is 0 Å². The number of nitrogens with two attached hydrogens (primary N) is 1. The van der Waals surface area contributed by atoms with Gasteiger partial charge in [-0.05, 0) is 37.6 Å². The number of phosphoric acid groups is 1. The lowest BCUT2D eigenvalue weighted by molar-refractivity contribution is 0.101. The molecule has 0 fully saturated rings. The monoisotopic (exact) mass is 353 g/mol. The molecule has 0 atom stereocenters. The van der Waals surface area contributed by atoms with E-state index in [1.165, 1.54) is 38.5 Å². The molecule has 0 spiro atoms. The molecule has 0 amide bonds. The highest BCUT2D eigenvalue weighted by Crippen LogP contribution is 2.40. The molecule has 0 radical (unpaired) electrons. The van der Waals surface area contributed by atoms with Crippen LogP contribution in [0.25, 0.3) is 0 Å². The van der Waals surface area contributed by atoms with Gasteiger partial charge in [-0.15, -0.1) is 0 Å². The molecule has 0 aliphatic heterocycles. The zero-order valence-electron chi connectivity index (χ0n) is 15.8. The van der Waals surface area contributed by atoms with Crippen LogP contribution in [0, 0.1) is 11.8 Å². The Morgan fingerprint density at radius 3 is 1.70 bits per heavy atom. The molecule has 5 nitrogen and oxygen atoms in total. The third kappa shape index (κ3) is 24.4. The highest BCUT2D eigenvalue weighted by atomic mass is 31.2. The van der Waals surface area contributed by atoms with Gasteiger partial charge in [0.05, 0.1) is 6.10 Å². The van der Waals surface area contributed by atoms with Crippen molar-refractivity contribution >= 4 is 7.82 Å². The second-order valence-electron chi connectivity index (χ2n) is 7.03. The zero-order chi connectivity index (χ0) is 18.3. The Kier molecular flexibility index (Phi) is 17.2. The van der Waals surface area contributed by atoms with Gasteiger partial charge < -0.3 is 15.5 Å². The normalized spacial score (nSPS) is 12.0. The van der Waals surface area contributed by atoms with Gasteiger partial charge in [-0.3, -0.25) is 4.52 Å². The van der Waals surface area contributed by atoms with Gasteiger partial charge in [0.1, 0.15) is 0 Å². The number of unbranched alkanes of at least 4 members (excludes halogenated alkanes) is 5. The van der Waals surface area contributed by atoms with E-state index in [0.29, 0.717) is 24.7 Å². The van der Waals surface area contributed by atoms with Crippen LogP contribution < -0.4 is 5.73 Å². The summed E-state index contributed by atoms with van der Waals surface area (Å²) < 4.78 is 15.4. The van der Waals surface area contributed by atoms with Crippen molar-refractivity contribution in [1.82, 2.24) is 0 Å². The van der Waals surface area contributed by atoms with Crippen LogP contribution in [0.1, 0.15) is 86.0 Å². The Morgan fingerprint density at radius 1 is 0.913 bits per heavy atom. The molecular formula is C17H40NO4P. The molecule has 0 aromatic heterocycles. The van der Waals surface area contributed by atoms with E-state index in [4.69, 9.17) is 20.0 Å². The molecule has 0 aromatic carbocycles. The maximum Gasteiger partial charge on any atom is 0.469 e. The zero-order valence-corrected chi connectivity index (χ0v) is 16.7. The minimum atomic E-state index is -4.33. The molecule has 23 heavy (non-hydrogen) atoms. The van der Waals surface area contributed by atoms with Crippen LogP contribution in [0.4, 0.5) is 0 Å². The topological polar surface area (TPSA) is 92.8 Å². The molecule has 0 saturated heterocycles. The first-order valence-corrected chi connectivity index (χ1v) is 10.6. The summed E-state index contributed by atoms with van der Waals surface area (Å²) in [6, 6.07) is 0. The van der Waals surface area contributed by atoms with Gasteiger partial charge in [-0.25, -0.2) is 4.57 Å². The highest BCUT2D eigenvalue weighted by Gasteiger charge is 2.23. The van der Waals surface area contributed by atoms with Gasteiger partial charge in [-0.1, -0.05) is 66.7 Å². The lowest BCUT2D eigenvalue weighted by atomic mass is 9.98. The third-order valence-electron chi connectivity index (χ3n) is 3.31. The van der Waals surface area contributed by atoms with E-state index in [2.05, 4.69) is 6.92 Å². The average Bonchev–Trinajstić information content (AvgIpc) is 2.35. The van der Waals surface area contributed by atoms with Gasteiger partial charge >= 0.3 is 7.82 Å². The third-order valence-corrected chi connectivity index (χ3v) is 3.89. The Labute approximate surface area is 143 Å². The van der Waals surface area contributed by atoms with Crippen LogP contribution in [-0.2, 0) is 9.09 Å². The van der Waals surface area contributed by atoms with E-state index in [-0.39, 0.29) is 6.10 Å². The summed E-state index contributed by atoms with van der Waals surface area (Å²) in [4.78, 5) is 17.4. The second kappa shape index (κ2) is 15.6. The molecular weight excluding hydrogens is 313 g/mol. The second-order valence-corrected chi connectivity index (χ2v) is 8.23. The number of hydrogen-bond acceptors (Lipinski definition) is 3. The first-order chi connectivity index (χ1) is 10.6. The van der Waals surface area contributed by atoms with Crippen LogP contribution in [0.3, 0.4) is 0 Å². The quantitative estimate of drug-likeness (QED) is 0.344. The fourth-order valence-electron chi connectivity index (χ4n) is 2.35. The van der Waals surface area contributed by atoms with E-state index >= 15 is 0 Å². The molecule has 142 valence electrons. The van der Waals surface area contributed by atoms with Crippen LogP contribution in [0.15, 0.2) is 0 Å². The Hall–Kier alpha value is 0.0700. The summed E-state index contributed by atoms with van der Waals surface area (Å²) in [5, 5.41) is 0. The Balaban J connectivity index is 0. The molecule has 4 N–H and O–H groups in total. The van der Waals surface area contributed by atoms with Gasteiger partial charge in [0.2, 0.25) is 0 Å². The van der Waals surface area contributed by atoms with Crippen molar-refractivity contribution in [1.29, 1.82) is 0 Å². The Morgan fingerprint density at radius 2 is 1.35 bits per heavy atom. The fourth-order valence-corrected chi connectivity index (χ4v) is 2.91. The molecule has 0 bridgehead atoms. The largest absolute Gasteiger partial charge is 0.469 e. The number of hydrogen-bond donors (Lipinski definition) is 3. The first-order valence-electron chi connectivity index (χ1n) is 9.06. The molecule has 0 aliphatic carbocycles. The van der Waals surface area contributed by atoms with Gasteiger partial charge in [0.25, 0.3) is 0 Å². The predicted molar refractivity (Wildman–Crippen MR) is 98.3 cm³/mol. The molecule has 0 unspecified atom stereocenters. The molecule has 0 rings (SSSR count). The molecule has 0 saturated carbocycles. The van der Waals surface area contributed by atoms with Crippen molar-refractivity contribution in [3.05, 3.63) is 0 Å². The fraction of sp³-hybridized carbons (Fsp3) is 1.00. The van der Waals surface area contributed by atoms with E-state index in [1.54, 1.807) is 0 Å². The highest BCUT2D eigenvalue weighted by molar-refractivity contribution is 7.46. The summed E-state index contributed by atoms with van der Waals surface area (Å²) in [6.45, 7) is 11.1. The first kappa shape index (κ1) is 25.3. The van der Waals surface area contributed by atoms with Crippen molar-refractivity contribution in [3.63, 3.8) is 0 Å². The van der Waals surface area contributed by atoms with Gasteiger partial charge in [0.15, 0.2) is 0 Å². The van der Waals surface area contributed by atoms with Crippen molar-refractivity contribution < 1.29 is 18.9 Å². The summed E-state index contributed by atoms with van der Waals surface area (Å²) in [6.07, 6.45) is 9.08. The maximum absolute atomic E-state index is 10.7. The molecule has 0 heterocycles. The molecule has 0 aliphatic rings. The van der Waals surface area contributed by atoms with Crippen molar-refractivity contribution in [2.24, 2.45) is 17.6 Å². The van der Waals surface area contributed by atoms with E-state index in [0.717, 1.165) is 6.54 Å².